The Labute approximate surface area is 211 Å². The van der Waals surface area contributed by atoms with Crippen LogP contribution < -0.4 is 10.6 Å². The van der Waals surface area contributed by atoms with Crippen LogP contribution in [-0.4, -0.2) is 58.8 Å². The number of carbonyl (C=O) groups is 2. The Kier molecular flexibility index (Phi) is 9.11. The van der Waals surface area contributed by atoms with Gasteiger partial charge in [0.25, 0.3) is 0 Å². The Morgan fingerprint density at radius 1 is 1.22 bits per heavy atom. The number of benzene rings is 1. The van der Waals surface area contributed by atoms with Gasteiger partial charge in [-0.3, -0.25) is 0 Å². The highest BCUT2D eigenvalue weighted by Gasteiger charge is 2.30. The number of hydrogen-bond donors (Lipinski definition) is 3. The maximum Gasteiger partial charge on any atom is 0.408 e. The number of nitrogens with one attached hydrogen (secondary N) is 2. The molecule has 1 atom stereocenters. The van der Waals surface area contributed by atoms with Crippen molar-refractivity contribution in [2.75, 3.05) is 25.0 Å². The molecule has 8 nitrogen and oxygen atoms in total. The van der Waals surface area contributed by atoms with Crippen LogP contribution in [0, 0.1) is 5.82 Å². The molecule has 1 saturated carbocycles. The van der Waals surface area contributed by atoms with E-state index >= 15 is 0 Å². The molecule has 1 aromatic heterocycles. The van der Waals surface area contributed by atoms with Gasteiger partial charge in [-0.2, -0.15) is 0 Å². The number of carbonyl (C=O) groups excluding carboxylic acids is 1. The fourth-order valence-corrected chi connectivity index (χ4v) is 4.56. The number of carboxylic acids is 1. The lowest BCUT2D eigenvalue weighted by Crippen LogP contribution is -2.43. The topological polar surface area (TPSA) is 104 Å². The molecule has 2 aliphatic rings. The Bertz CT molecular complexity index is 1050. The number of alkyl carbamates (subject to hydrolysis) is 1. The van der Waals surface area contributed by atoms with Crippen LogP contribution in [0.3, 0.4) is 0 Å². The number of unbranched alkanes of at least 4 members (excludes halogenated alkanes) is 1. The number of aromatic nitrogens is 1. The molecule has 2 heterocycles. The van der Waals surface area contributed by atoms with Crippen LogP contribution in [0.15, 0.2) is 36.4 Å². The summed E-state index contributed by atoms with van der Waals surface area (Å²) < 4.78 is 18.4. The summed E-state index contributed by atoms with van der Waals surface area (Å²) in [5.74, 6) is -0.489. The molecule has 1 fully saturated rings. The van der Waals surface area contributed by atoms with Crippen molar-refractivity contribution < 1.29 is 23.8 Å². The summed E-state index contributed by atoms with van der Waals surface area (Å²) in [6, 6.07) is 9.50. The number of carboxylic acid groups (broad SMARTS) is 1. The number of amides is 1. The quantitative estimate of drug-likeness (QED) is 0.357. The highest BCUT2D eigenvalue weighted by atomic mass is 19.1. The van der Waals surface area contributed by atoms with E-state index in [4.69, 9.17) is 9.72 Å². The molecule has 0 spiro atoms. The van der Waals surface area contributed by atoms with Crippen molar-refractivity contribution in [3.63, 3.8) is 0 Å². The minimum absolute atomic E-state index is 0.126. The predicted molar refractivity (Wildman–Crippen MR) is 134 cm³/mol. The van der Waals surface area contributed by atoms with E-state index in [9.17, 15) is 19.1 Å². The normalized spacial score (nSPS) is 15.6. The molecule has 1 aliphatic heterocycles. The van der Waals surface area contributed by atoms with Crippen molar-refractivity contribution in [1.29, 1.82) is 0 Å². The molecule has 1 unspecified atom stereocenters. The molecule has 3 N–H and O–H groups in total. The van der Waals surface area contributed by atoms with Gasteiger partial charge in [0, 0.05) is 24.8 Å². The first-order valence-electron chi connectivity index (χ1n) is 12.8. The van der Waals surface area contributed by atoms with Crippen molar-refractivity contribution in [2.24, 2.45) is 0 Å². The van der Waals surface area contributed by atoms with Gasteiger partial charge in [0.15, 0.2) is 0 Å². The third-order valence-corrected chi connectivity index (χ3v) is 6.70. The first-order chi connectivity index (χ1) is 17.5. The number of anilines is 1. The Morgan fingerprint density at radius 3 is 2.86 bits per heavy atom. The summed E-state index contributed by atoms with van der Waals surface area (Å²) in [6.45, 7) is 2.34. The third kappa shape index (κ3) is 7.91. The summed E-state index contributed by atoms with van der Waals surface area (Å²) in [5, 5.41) is 15.4. The van der Waals surface area contributed by atoms with Crippen LogP contribution in [0.2, 0.25) is 0 Å². The number of fused-ring (bicyclic) bond motifs is 1. The number of hydrogen-bond acceptors (Lipinski definition) is 6. The van der Waals surface area contributed by atoms with E-state index in [0.717, 1.165) is 69.5 Å². The molecular weight excluding hydrogens is 463 g/mol. The van der Waals surface area contributed by atoms with Gasteiger partial charge in [-0.25, -0.2) is 19.0 Å². The number of rotatable bonds is 13. The molecule has 194 valence electrons. The zero-order chi connectivity index (χ0) is 25.3. The smallest absolute Gasteiger partial charge is 0.408 e. The van der Waals surface area contributed by atoms with E-state index in [-0.39, 0.29) is 6.61 Å². The van der Waals surface area contributed by atoms with E-state index in [1.54, 1.807) is 6.07 Å². The maximum absolute atomic E-state index is 13.3. The lowest BCUT2D eigenvalue weighted by Gasteiger charge is -2.24. The zero-order valence-corrected chi connectivity index (χ0v) is 20.5. The Hall–Kier alpha value is -3.20. The molecule has 36 heavy (non-hydrogen) atoms. The summed E-state index contributed by atoms with van der Waals surface area (Å²) >= 11 is 0. The minimum Gasteiger partial charge on any atom is -0.480 e. The van der Waals surface area contributed by atoms with Gasteiger partial charge < -0.3 is 25.4 Å². The maximum atomic E-state index is 13.3. The van der Waals surface area contributed by atoms with Gasteiger partial charge in [0.1, 0.15) is 24.3 Å². The number of ether oxygens (including phenoxy) is 1. The van der Waals surface area contributed by atoms with E-state index in [1.807, 2.05) is 0 Å². The van der Waals surface area contributed by atoms with Crippen molar-refractivity contribution in [3.8, 4) is 0 Å². The van der Waals surface area contributed by atoms with Gasteiger partial charge in [0.05, 0.1) is 0 Å². The molecule has 2 aromatic rings. The van der Waals surface area contributed by atoms with E-state index in [1.165, 1.54) is 23.8 Å². The van der Waals surface area contributed by atoms with Crippen LogP contribution >= 0.6 is 0 Å². The van der Waals surface area contributed by atoms with Gasteiger partial charge >= 0.3 is 12.1 Å². The molecule has 9 heteroatoms. The molecule has 1 amide bonds. The molecule has 0 radical (unpaired) electrons. The van der Waals surface area contributed by atoms with Crippen LogP contribution in [0.25, 0.3) is 0 Å². The average molecular weight is 499 g/mol. The SMILES string of the molecule is O=C(NC(CCN(CCCCc1ccc2c(n1)NCCC2)C1CC1)C(=O)O)OCc1cccc(F)c1. The molecule has 0 bridgehead atoms. The summed E-state index contributed by atoms with van der Waals surface area (Å²) in [4.78, 5) is 30.9. The standard InChI is InChI=1S/C27H35FN4O4/c28-21-7-3-5-19(17-21)18-36-27(35)31-24(26(33)34)13-16-32(23-11-12-23)15-2-1-8-22-10-9-20-6-4-14-29-25(20)30-22/h3,5,7,9-10,17,23-24H,1-2,4,6,8,11-16,18H2,(H,29,30)(H,31,35)(H,33,34). The predicted octanol–water partition coefficient (Wildman–Crippen LogP) is 4.14. The molecule has 4 rings (SSSR count). The van der Waals surface area contributed by atoms with Crippen LogP contribution in [-0.2, 0) is 29.0 Å². The first-order valence-corrected chi connectivity index (χ1v) is 12.8. The number of pyridine rings is 1. The number of halogens is 1. The second-order valence-corrected chi connectivity index (χ2v) is 9.59. The largest absolute Gasteiger partial charge is 0.480 e. The van der Waals surface area contributed by atoms with Gasteiger partial charge in [-0.15, -0.1) is 0 Å². The van der Waals surface area contributed by atoms with Gasteiger partial charge in [-0.05, 0) is 87.2 Å². The fraction of sp³-hybridized carbons (Fsp3) is 0.519. The zero-order valence-electron chi connectivity index (χ0n) is 20.5. The average Bonchev–Trinajstić information content (AvgIpc) is 3.71. The van der Waals surface area contributed by atoms with Crippen LogP contribution in [0.4, 0.5) is 15.0 Å². The van der Waals surface area contributed by atoms with E-state index < -0.39 is 23.9 Å². The first kappa shape index (κ1) is 25.9. The highest BCUT2D eigenvalue weighted by molar-refractivity contribution is 5.79. The number of aryl methyl sites for hydroxylation is 2. The minimum atomic E-state index is -1.10. The fourth-order valence-electron chi connectivity index (χ4n) is 4.56. The van der Waals surface area contributed by atoms with Crippen molar-refractivity contribution in [1.82, 2.24) is 15.2 Å². The molecule has 1 aromatic carbocycles. The Morgan fingerprint density at radius 2 is 2.08 bits per heavy atom. The van der Waals surface area contributed by atoms with Crippen molar-refractivity contribution in [3.05, 3.63) is 59.0 Å². The summed E-state index contributed by atoms with van der Waals surface area (Å²) in [5.41, 5.74) is 2.90. The van der Waals surface area contributed by atoms with E-state index in [0.29, 0.717) is 24.6 Å². The Balaban J connectivity index is 1.19. The van der Waals surface area contributed by atoms with Crippen LogP contribution in [0.1, 0.15) is 55.3 Å². The van der Waals surface area contributed by atoms with Crippen molar-refractivity contribution in [2.45, 2.75) is 70.1 Å². The van der Waals surface area contributed by atoms with Crippen molar-refractivity contribution >= 4 is 17.9 Å². The van der Waals surface area contributed by atoms with Crippen LogP contribution in [0.5, 0.6) is 0 Å². The monoisotopic (exact) mass is 498 g/mol. The lowest BCUT2D eigenvalue weighted by molar-refractivity contribution is -0.139. The van der Waals surface area contributed by atoms with Gasteiger partial charge in [-0.1, -0.05) is 18.2 Å². The third-order valence-electron chi connectivity index (χ3n) is 6.70. The summed E-state index contributed by atoms with van der Waals surface area (Å²) in [6.07, 6.45) is 6.89. The second kappa shape index (κ2) is 12.7. The molecule has 1 aliphatic carbocycles. The second-order valence-electron chi connectivity index (χ2n) is 9.59. The van der Waals surface area contributed by atoms with E-state index in [2.05, 4.69) is 27.7 Å². The number of nitrogens with zero attached hydrogens (tertiary/aromatic N) is 2. The van der Waals surface area contributed by atoms with Gasteiger partial charge in [0.2, 0.25) is 0 Å². The molecular formula is C27H35FN4O4. The summed E-state index contributed by atoms with van der Waals surface area (Å²) in [7, 11) is 0. The molecule has 0 saturated heterocycles. The number of aliphatic carboxylic acids is 1. The highest BCUT2D eigenvalue weighted by Crippen LogP contribution is 2.27. The lowest BCUT2D eigenvalue weighted by atomic mass is 10.1.